The van der Waals surface area contributed by atoms with E-state index in [4.69, 9.17) is 5.73 Å². The highest BCUT2D eigenvalue weighted by Crippen LogP contribution is 2.54. The number of carbonyl (C=O) groups excluding carboxylic acids is 3. The topological polar surface area (TPSA) is 178 Å². The molecule has 39 heavy (non-hydrogen) atoms. The minimum Gasteiger partial charge on any atom is -0.510 e. The fourth-order valence-electron chi connectivity index (χ4n) is 6.42. The number of phenols is 1. The van der Waals surface area contributed by atoms with Gasteiger partial charge >= 0.3 is 0 Å². The summed E-state index contributed by atoms with van der Waals surface area (Å²) < 4.78 is 0. The average molecular weight is 535 g/mol. The SMILES string of the molecule is CN(C)c1cc(-c2ccccn2)c(O)c2c1C[C@H]1C[C@H]3[C@H](N(C)C)C(O)=C(C(N)=O)C(=O)[C@@]3(O)C(O)=C1C2=O. The number of hydrogen-bond acceptors (Lipinski definition) is 10. The minimum atomic E-state index is -2.68. The van der Waals surface area contributed by atoms with E-state index in [1.807, 2.05) is 4.90 Å². The summed E-state index contributed by atoms with van der Waals surface area (Å²) in [5.41, 5.74) is 3.57. The molecule has 3 aliphatic rings. The van der Waals surface area contributed by atoms with Crippen LogP contribution in [-0.2, 0) is 16.0 Å². The maximum Gasteiger partial charge on any atom is 0.255 e. The van der Waals surface area contributed by atoms with Gasteiger partial charge in [-0.1, -0.05) is 6.07 Å². The van der Waals surface area contributed by atoms with Crippen molar-refractivity contribution in [3.8, 4) is 17.0 Å². The van der Waals surface area contributed by atoms with Crippen molar-refractivity contribution in [3.05, 3.63) is 64.3 Å². The van der Waals surface area contributed by atoms with Gasteiger partial charge in [-0.3, -0.25) is 24.3 Å². The van der Waals surface area contributed by atoms with Crippen LogP contribution < -0.4 is 10.6 Å². The molecule has 1 heterocycles. The first-order chi connectivity index (χ1) is 18.3. The number of anilines is 1. The van der Waals surface area contributed by atoms with Gasteiger partial charge in [0.25, 0.3) is 5.91 Å². The van der Waals surface area contributed by atoms with Crippen molar-refractivity contribution in [1.29, 1.82) is 0 Å². The van der Waals surface area contributed by atoms with Crippen LogP contribution in [0.3, 0.4) is 0 Å². The highest BCUT2D eigenvalue weighted by atomic mass is 16.3. The van der Waals surface area contributed by atoms with Crippen molar-refractivity contribution in [3.63, 3.8) is 0 Å². The molecule has 0 fully saturated rings. The van der Waals surface area contributed by atoms with Crippen LogP contribution in [0.4, 0.5) is 5.69 Å². The summed E-state index contributed by atoms with van der Waals surface area (Å²) in [6.45, 7) is 0. The second kappa shape index (κ2) is 8.92. The van der Waals surface area contributed by atoms with E-state index in [0.29, 0.717) is 22.5 Å². The number of fused-ring (bicyclic) bond motifs is 3. The number of allylic oxidation sites excluding steroid dienone is 1. The molecule has 11 heteroatoms. The molecule has 1 aromatic heterocycles. The van der Waals surface area contributed by atoms with Crippen LogP contribution in [0, 0.1) is 11.8 Å². The monoisotopic (exact) mass is 534 g/mol. The second-order valence-electron chi connectivity index (χ2n) is 10.7. The number of ketones is 2. The highest BCUT2D eigenvalue weighted by Gasteiger charge is 2.63. The average Bonchev–Trinajstić information content (AvgIpc) is 2.86. The number of pyridine rings is 1. The van der Waals surface area contributed by atoms with E-state index >= 15 is 0 Å². The van der Waals surface area contributed by atoms with E-state index in [2.05, 4.69) is 4.98 Å². The van der Waals surface area contributed by atoms with Gasteiger partial charge in [0.1, 0.15) is 22.8 Å². The Morgan fingerprint density at radius 1 is 1.13 bits per heavy atom. The fraction of sp³-hybridized carbons (Fsp3) is 0.357. The molecule has 5 rings (SSSR count). The van der Waals surface area contributed by atoms with E-state index in [-0.39, 0.29) is 29.7 Å². The molecule has 4 atom stereocenters. The molecule has 1 amide bonds. The number of rotatable bonds is 4. The molecular weight excluding hydrogens is 504 g/mol. The van der Waals surface area contributed by atoms with Crippen LogP contribution in [-0.4, -0.2) is 87.6 Å². The van der Waals surface area contributed by atoms with Crippen LogP contribution in [0.25, 0.3) is 11.3 Å². The number of carbonyl (C=O) groups is 3. The lowest BCUT2D eigenvalue weighted by molar-refractivity contribution is -0.148. The lowest BCUT2D eigenvalue weighted by atomic mass is 9.58. The Morgan fingerprint density at radius 3 is 2.38 bits per heavy atom. The third kappa shape index (κ3) is 3.57. The molecular formula is C28H30N4O7. The maximum absolute atomic E-state index is 14.1. The molecule has 204 valence electrons. The molecule has 11 nitrogen and oxygen atoms in total. The summed E-state index contributed by atoms with van der Waals surface area (Å²) in [7, 11) is 6.79. The van der Waals surface area contributed by atoms with Crippen LogP contribution in [0.5, 0.6) is 5.75 Å². The van der Waals surface area contributed by atoms with Crippen molar-refractivity contribution >= 4 is 23.2 Å². The van der Waals surface area contributed by atoms with Crippen molar-refractivity contribution in [2.45, 2.75) is 24.5 Å². The summed E-state index contributed by atoms with van der Waals surface area (Å²) in [5, 5.41) is 45.4. The number of aromatic nitrogens is 1. The van der Waals surface area contributed by atoms with Gasteiger partial charge in [-0.05, 0) is 56.6 Å². The number of hydrogen-bond donors (Lipinski definition) is 5. The number of benzene rings is 1. The number of nitrogens with zero attached hydrogens (tertiary/aromatic N) is 3. The number of aliphatic hydroxyl groups is 3. The normalized spacial score (nSPS) is 26.4. The number of aliphatic hydroxyl groups excluding tert-OH is 2. The number of phenolic OH excluding ortho intramolecular Hbond substituents is 1. The first-order valence-corrected chi connectivity index (χ1v) is 12.4. The zero-order chi connectivity index (χ0) is 28.5. The van der Waals surface area contributed by atoms with Crippen molar-refractivity contribution in [2.75, 3.05) is 33.1 Å². The molecule has 3 aliphatic carbocycles. The Balaban J connectivity index is 1.76. The third-order valence-corrected chi connectivity index (χ3v) is 8.12. The lowest BCUT2D eigenvalue weighted by Crippen LogP contribution is -2.63. The molecule has 0 aliphatic heterocycles. The Morgan fingerprint density at radius 2 is 1.82 bits per heavy atom. The fourth-order valence-corrected chi connectivity index (χ4v) is 6.42. The van der Waals surface area contributed by atoms with Gasteiger partial charge in [0.15, 0.2) is 11.4 Å². The predicted octanol–water partition coefficient (Wildman–Crippen LogP) is 1.25. The molecule has 0 spiro atoms. The van der Waals surface area contributed by atoms with Gasteiger partial charge < -0.3 is 31.1 Å². The van der Waals surface area contributed by atoms with Gasteiger partial charge in [-0.25, -0.2) is 0 Å². The van der Waals surface area contributed by atoms with Gasteiger partial charge in [0.2, 0.25) is 5.78 Å². The predicted molar refractivity (Wildman–Crippen MR) is 141 cm³/mol. The summed E-state index contributed by atoms with van der Waals surface area (Å²) in [5.74, 6) is -6.80. The van der Waals surface area contributed by atoms with E-state index in [1.54, 1.807) is 58.7 Å². The lowest BCUT2D eigenvalue weighted by Gasteiger charge is -2.50. The first kappa shape index (κ1) is 26.4. The Bertz CT molecular complexity index is 1490. The van der Waals surface area contributed by atoms with Crippen molar-refractivity contribution < 1.29 is 34.8 Å². The minimum absolute atomic E-state index is 0.0292. The highest BCUT2D eigenvalue weighted by molar-refractivity contribution is 6.25. The van der Waals surface area contributed by atoms with Gasteiger partial charge in [-0.15, -0.1) is 0 Å². The summed E-state index contributed by atoms with van der Waals surface area (Å²) in [6.07, 6.45) is 1.79. The molecule has 0 bridgehead atoms. The Kier molecular flexibility index (Phi) is 6.04. The molecule has 0 saturated carbocycles. The van der Waals surface area contributed by atoms with E-state index in [0.717, 1.165) is 0 Å². The van der Waals surface area contributed by atoms with Gasteiger partial charge in [-0.2, -0.15) is 0 Å². The number of amides is 1. The Hall–Kier alpha value is -4.22. The number of Topliss-reactive ketones (excluding diaryl/α,β-unsaturated/α-hetero) is 2. The summed E-state index contributed by atoms with van der Waals surface area (Å²) >= 11 is 0. The van der Waals surface area contributed by atoms with Crippen LogP contribution in [0.1, 0.15) is 22.3 Å². The molecule has 0 saturated heterocycles. The molecule has 1 aromatic carbocycles. The molecule has 6 N–H and O–H groups in total. The zero-order valence-corrected chi connectivity index (χ0v) is 22.0. The van der Waals surface area contributed by atoms with E-state index in [9.17, 15) is 34.8 Å². The van der Waals surface area contributed by atoms with Crippen LogP contribution in [0.2, 0.25) is 0 Å². The number of primary amides is 1. The van der Waals surface area contributed by atoms with E-state index < -0.39 is 58.0 Å². The maximum atomic E-state index is 14.1. The molecule has 2 aromatic rings. The third-order valence-electron chi connectivity index (χ3n) is 8.12. The number of aromatic hydroxyl groups is 1. The largest absolute Gasteiger partial charge is 0.510 e. The zero-order valence-electron chi connectivity index (χ0n) is 22.0. The van der Waals surface area contributed by atoms with Gasteiger partial charge in [0, 0.05) is 43.0 Å². The quantitative estimate of drug-likeness (QED) is 0.359. The van der Waals surface area contributed by atoms with E-state index in [1.165, 1.54) is 4.90 Å². The first-order valence-electron chi connectivity index (χ1n) is 12.4. The number of nitrogens with two attached hydrogens (primary N) is 1. The van der Waals surface area contributed by atoms with Crippen LogP contribution >= 0.6 is 0 Å². The van der Waals surface area contributed by atoms with Crippen molar-refractivity contribution in [2.24, 2.45) is 17.6 Å². The molecule has 0 unspecified atom stereocenters. The van der Waals surface area contributed by atoms with Crippen LogP contribution in [0.15, 0.2) is 53.1 Å². The van der Waals surface area contributed by atoms with Gasteiger partial charge in [0.05, 0.1) is 17.3 Å². The number of likely N-dealkylation sites (N-methyl/N-ethyl adjacent to an activating group) is 1. The second-order valence-corrected chi connectivity index (χ2v) is 10.7. The standard InChI is InChI=1S/C28H30N4O7/c1-31(2)17-11-13(16-7-5-6-8-30-16)22(33)19-14(17)9-12-10-15-21(32(3)4)24(35)20(27(29)38)26(37)28(15,39)25(36)18(12)23(19)34/h5-8,11-12,15,21,33,35-36,39H,9-10H2,1-4H3,(H2,29,38)/t12-,15-,21-,28-/m0/s1. The smallest absolute Gasteiger partial charge is 0.255 e. The van der Waals surface area contributed by atoms with Crippen molar-refractivity contribution in [1.82, 2.24) is 9.88 Å². The molecule has 0 radical (unpaired) electrons. The Labute approximate surface area is 224 Å². The summed E-state index contributed by atoms with van der Waals surface area (Å²) in [6, 6.07) is 5.86. The summed E-state index contributed by atoms with van der Waals surface area (Å²) in [4.78, 5) is 47.3.